The average Bonchev–Trinajstić information content (AvgIpc) is 2.57. The zero-order valence-corrected chi connectivity index (χ0v) is 13.8. The summed E-state index contributed by atoms with van der Waals surface area (Å²) in [7, 11) is 0. The highest BCUT2D eigenvalue weighted by Crippen LogP contribution is 2.19. The van der Waals surface area contributed by atoms with Crippen LogP contribution in [0.1, 0.15) is 12.8 Å². The van der Waals surface area contributed by atoms with Gasteiger partial charge in [-0.05, 0) is 31.0 Å². The summed E-state index contributed by atoms with van der Waals surface area (Å²) in [5, 5.41) is 1.04. The monoisotopic (exact) mass is 347 g/mol. The molecule has 2 N–H and O–H groups in total. The van der Waals surface area contributed by atoms with Crippen LogP contribution in [-0.4, -0.2) is 34.4 Å². The van der Waals surface area contributed by atoms with Gasteiger partial charge in [0, 0.05) is 41.7 Å². The predicted octanol–water partition coefficient (Wildman–Crippen LogP) is 1.38. The molecule has 0 bridgehead atoms. The minimum Gasteiger partial charge on any atom is -0.369 e. The Morgan fingerprint density at radius 2 is 1.92 bits per heavy atom. The highest BCUT2D eigenvalue weighted by Gasteiger charge is 2.25. The van der Waals surface area contributed by atoms with E-state index in [1.807, 2.05) is 0 Å². The van der Waals surface area contributed by atoms with Crippen molar-refractivity contribution in [2.75, 3.05) is 13.1 Å². The Hall–Kier alpha value is -2.34. The topological polar surface area (TPSA) is 85.4 Å². The summed E-state index contributed by atoms with van der Waals surface area (Å²) in [4.78, 5) is 37.4. The summed E-state index contributed by atoms with van der Waals surface area (Å²) >= 11 is 6.02. The molecule has 2 heterocycles. The molecule has 2 aromatic rings. The minimum absolute atomic E-state index is 0.0529. The number of carbonyl (C=O) groups excluding carboxylic acids is 2. The van der Waals surface area contributed by atoms with Crippen LogP contribution in [0.2, 0.25) is 5.02 Å². The fraction of sp³-hybridized carbons (Fsp3) is 0.353. The van der Waals surface area contributed by atoms with Gasteiger partial charge in [-0.2, -0.15) is 0 Å². The molecule has 3 rings (SSSR count). The van der Waals surface area contributed by atoms with Crippen molar-refractivity contribution in [3.05, 3.63) is 45.7 Å². The third kappa shape index (κ3) is 3.28. The maximum atomic E-state index is 12.5. The third-order valence-electron chi connectivity index (χ3n) is 4.50. The number of rotatable bonds is 3. The second-order valence-corrected chi connectivity index (χ2v) is 6.46. The normalized spacial score (nSPS) is 15.6. The molecule has 24 heavy (non-hydrogen) atoms. The fourth-order valence-corrected chi connectivity index (χ4v) is 3.24. The van der Waals surface area contributed by atoms with E-state index in [9.17, 15) is 14.4 Å². The zero-order chi connectivity index (χ0) is 17.3. The summed E-state index contributed by atoms with van der Waals surface area (Å²) < 4.78 is 1.73. The third-order valence-corrected chi connectivity index (χ3v) is 4.73. The molecule has 7 heteroatoms. The van der Waals surface area contributed by atoms with Gasteiger partial charge in [0.05, 0.1) is 5.52 Å². The quantitative estimate of drug-likeness (QED) is 0.910. The van der Waals surface area contributed by atoms with Crippen LogP contribution in [0.3, 0.4) is 0 Å². The van der Waals surface area contributed by atoms with E-state index in [-0.39, 0.29) is 29.7 Å². The minimum atomic E-state index is -0.303. The van der Waals surface area contributed by atoms with Crippen LogP contribution in [-0.2, 0) is 16.1 Å². The highest BCUT2D eigenvalue weighted by atomic mass is 35.5. The van der Waals surface area contributed by atoms with Gasteiger partial charge < -0.3 is 15.2 Å². The lowest BCUT2D eigenvalue weighted by atomic mass is 9.96. The van der Waals surface area contributed by atoms with Crippen LogP contribution in [0.4, 0.5) is 0 Å². The first-order valence-corrected chi connectivity index (χ1v) is 8.19. The number of halogens is 1. The first-order chi connectivity index (χ1) is 11.5. The Morgan fingerprint density at radius 1 is 1.21 bits per heavy atom. The van der Waals surface area contributed by atoms with Gasteiger partial charge in [0.15, 0.2) is 5.43 Å². The molecule has 1 saturated heterocycles. The largest absolute Gasteiger partial charge is 0.369 e. The van der Waals surface area contributed by atoms with E-state index >= 15 is 0 Å². The van der Waals surface area contributed by atoms with E-state index < -0.39 is 0 Å². The molecule has 0 unspecified atom stereocenters. The predicted molar refractivity (Wildman–Crippen MR) is 91.7 cm³/mol. The van der Waals surface area contributed by atoms with E-state index in [2.05, 4.69) is 0 Å². The SMILES string of the molecule is NC(=O)C1CCN(C(=O)Cn2ccc(=O)c3ccc(Cl)cc32)CC1. The van der Waals surface area contributed by atoms with E-state index in [1.165, 1.54) is 6.07 Å². The second kappa shape index (κ2) is 6.65. The number of hydrogen-bond donors (Lipinski definition) is 1. The molecule has 0 atom stereocenters. The molecular formula is C17H18ClN3O3. The van der Waals surface area contributed by atoms with Gasteiger partial charge in [-0.15, -0.1) is 0 Å². The van der Waals surface area contributed by atoms with E-state index in [0.717, 1.165) is 0 Å². The molecule has 126 valence electrons. The van der Waals surface area contributed by atoms with E-state index in [1.54, 1.807) is 33.9 Å². The van der Waals surface area contributed by atoms with Gasteiger partial charge in [0.1, 0.15) is 6.54 Å². The van der Waals surface area contributed by atoms with Crippen molar-refractivity contribution in [1.29, 1.82) is 0 Å². The average molecular weight is 348 g/mol. The highest BCUT2D eigenvalue weighted by molar-refractivity contribution is 6.31. The van der Waals surface area contributed by atoms with Gasteiger partial charge in [0.25, 0.3) is 0 Å². The second-order valence-electron chi connectivity index (χ2n) is 6.03. The lowest BCUT2D eigenvalue weighted by Crippen LogP contribution is -2.43. The fourth-order valence-electron chi connectivity index (χ4n) is 3.08. The molecule has 0 radical (unpaired) electrons. The number of benzene rings is 1. The molecule has 1 aromatic carbocycles. The van der Waals surface area contributed by atoms with Crippen molar-refractivity contribution < 1.29 is 9.59 Å². The van der Waals surface area contributed by atoms with Gasteiger partial charge in [0.2, 0.25) is 11.8 Å². The number of likely N-dealkylation sites (tertiary alicyclic amines) is 1. The van der Waals surface area contributed by atoms with Crippen LogP contribution >= 0.6 is 11.6 Å². The molecule has 1 fully saturated rings. The molecule has 2 amide bonds. The number of hydrogen-bond acceptors (Lipinski definition) is 3. The van der Waals surface area contributed by atoms with Crippen LogP contribution in [0.25, 0.3) is 10.9 Å². The molecule has 0 saturated carbocycles. The molecule has 1 aromatic heterocycles. The van der Waals surface area contributed by atoms with Crippen LogP contribution in [0, 0.1) is 5.92 Å². The number of amides is 2. The van der Waals surface area contributed by atoms with Crippen molar-refractivity contribution in [2.24, 2.45) is 11.7 Å². The number of piperidine rings is 1. The van der Waals surface area contributed by atoms with Crippen LogP contribution < -0.4 is 11.2 Å². The van der Waals surface area contributed by atoms with E-state index in [0.29, 0.717) is 41.9 Å². The lowest BCUT2D eigenvalue weighted by Gasteiger charge is -2.31. The summed E-state index contributed by atoms with van der Waals surface area (Å²) in [6.07, 6.45) is 2.80. The molecule has 0 aliphatic carbocycles. The lowest BCUT2D eigenvalue weighted by molar-refractivity contribution is -0.135. The maximum absolute atomic E-state index is 12.5. The Kier molecular flexibility index (Phi) is 4.57. The molecule has 1 aliphatic heterocycles. The summed E-state index contributed by atoms with van der Waals surface area (Å²) in [5.41, 5.74) is 5.84. The number of primary amides is 1. The number of nitrogens with zero attached hydrogens (tertiary/aromatic N) is 2. The number of aromatic nitrogens is 1. The summed E-state index contributed by atoms with van der Waals surface area (Å²) in [6, 6.07) is 6.46. The molecule has 0 spiro atoms. The van der Waals surface area contributed by atoms with Crippen molar-refractivity contribution in [3.63, 3.8) is 0 Å². The molecule has 6 nitrogen and oxygen atoms in total. The first kappa shape index (κ1) is 16.5. The molecular weight excluding hydrogens is 330 g/mol. The van der Waals surface area contributed by atoms with Crippen molar-refractivity contribution in [2.45, 2.75) is 19.4 Å². The Bertz CT molecular complexity index is 854. The number of carbonyl (C=O) groups is 2. The van der Waals surface area contributed by atoms with Gasteiger partial charge >= 0.3 is 0 Å². The Morgan fingerprint density at radius 3 is 2.58 bits per heavy atom. The number of fused-ring (bicyclic) bond motifs is 1. The van der Waals surface area contributed by atoms with Crippen LogP contribution in [0.5, 0.6) is 0 Å². The molecule has 1 aliphatic rings. The zero-order valence-electron chi connectivity index (χ0n) is 13.1. The van der Waals surface area contributed by atoms with Crippen molar-refractivity contribution >= 4 is 34.3 Å². The smallest absolute Gasteiger partial charge is 0.242 e. The maximum Gasteiger partial charge on any atom is 0.242 e. The summed E-state index contributed by atoms with van der Waals surface area (Å²) in [6.45, 7) is 1.16. The van der Waals surface area contributed by atoms with E-state index in [4.69, 9.17) is 17.3 Å². The Balaban J connectivity index is 1.79. The van der Waals surface area contributed by atoms with Crippen LogP contribution in [0.15, 0.2) is 35.3 Å². The Labute approximate surface area is 143 Å². The van der Waals surface area contributed by atoms with Gasteiger partial charge in [-0.3, -0.25) is 14.4 Å². The number of nitrogens with two attached hydrogens (primary N) is 1. The van der Waals surface area contributed by atoms with Gasteiger partial charge in [-0.25, -0.2) is 0 Å². The number of pyridine rings is 1. The standard InChI is InChI=1S/C17H18ClN3O3/c18-12-1-2-13-14(9-12)21(8-5-15(13)22)10-16(23)20-6-3-11(4-7-20)17(19)24/h1-2,5,8-9,11H,3-4,6-7,10H2,(H2,19,24). The van der Waals surface area contributed by atoms with Gasteiger partial charge in [-0.1, -0.05) is 11.6 Å². The van der Waals surface area contributed by atoms with Crippen molar-refractivity contribution in [3.8, 4) is 0 Å². The first-order valence-electron chi connectivity index (χ1n) is 7.81. The summed E-state index contributed by atoms with van der Waals surface area (Å²) in [5.74, 6) is -0.507. The van der Waals surface area contributed by atoms with Crippen molar-refractivity contribution in [1.82, 2.24) is 9.47 Å².